The number of rotatable bonds is 6. The lowest BCUT2D eigenvalue weighted by atomic mass is 10.1. The van der Waals surface area contributed by atoms with Gasteiger partial charge in [0.05, 0.1) is 0 Å². The standard InChI is InChI=1S/C19H19FN2O3/c1-2-14-7-9-15(10-8-14)11-12-18(23)21-22-19(24)13-25-17-6-4-3-5-16(17)20/h3-12H,2,13H2,1H3,(H,21,23)(H,22,24)/b12-11+. The second kappa shape index (κ2) is 9.22. The molecule has 0 radical (unpaired) electrons. The summed E-state index contributed by atoms with van der Waals surface area (Å²) in [5, 5.41) is 0. The number of nitrogens with one attached hydrogen (secondary N) is 2. The summed E-state index contributed by atoms with van der Waals surface area (Å²) in [6.45, 7) is 1.65. The maximum absolute atomic E-state index is 13.3. The van der Waals surface area contributed by atoms with E-state index in [1.165, 1.54) is 29.8 Å². The van der Waals surface area contributed by atoms with Crippen LogP contribution in [-0.4, -0.2) is 18.4 Å². The van der Waals surface area contributed by atoms with Crippen LogP contribution in [0.2, 0.25) is 0 Å². The van der Waals surface area contributed by atoms with Crippen molar-refractivity contribution in [2.24, 2.45) is 0 Å². The van der Waals surface area contributed by atoms with Gasteiger partial charge in [-0.3, -0.25) is 20.4 Å². The van der Waals surface area contributed by atoms with Crippen LogP contribution in [0.15, 0.2) is 54.6 Å². The first-order valence-corrected chi connectivity index (χ1v) is 7.81. The Morgan fingerprint density at radius 3 is 2.48 bits per heavy atom. The maximum Gasteiger partial charge on any atom is 0.276 e. The van der Waals surface area contributed by atoms with E-state index in [9.17, 15) is 14.0 Å². The Balaban J connectivity index is 1.74. The average molecular weight is 342 g/mol. The molecular formula is C19H19FN2O3. The molecular weight excluding hydrogens is 323 g/mol. The number of hydrogen-bond acceptors (Lipinski definition) is 3. The maximum atomic E-state index is 13.3. The molecule has 0 spiro atoms. The second-order valence-corrected chi connectivity index (χ2v) is 5.18. The van der Waals surface area contributed by atoms with Crippen molar-refractivity contribution in [3.05, 3.63) is 71.6 Å². The smallest absolute Gasteiger partial charge is 0.276 e. The van der Waals surface area contributed by atoms with Crippen LogP contribution in [0.1, 0.15) is 18.1 Å². The molecule has 0 aromatic heterocycles. The van der Waals surface area contributed by atoms with Crippen LogP contribution in [0.5, 0.6) is 5.75 Å². The van der Waals surface area contributed by atoms with Crippen LogP contribution in [-0.2, 0) is 16.0 Å². The van der Waals surface area contributed by atoms with Crippen LogP contribution >= 0.6 is 0 Å². The van der Waals surface area contributed by atoms with E-state index >= 15 is 0 Å². The third-order valence-corrected chi connectivity index (χ3v) is 3.34. The van der Waals surface area contributed by atoms with E-state index in [-0.39, 0.29) is 5.75 Å². The SMILES string of the molecule is CCc1ccc(/C=C/C(=O)NNC(=O)COc2ccccc2F)cc1. The molecule has 2 amide bonds. The van der Waals surface area contributed by atoms with Gasteiger partial charge in [-0.25, -0.2) is 4.39 Å². The molecule has 25 heavy (non-hydrogen) atoms. The van der Waals surface area contributed by atoms with Crippen LogP contribution in [0.4, 0.5) is 4.39 Å². The largest absolute Gasteiger partial charge is 0.481 e. The summed E-state index contributed by atoms with van der Waals surface area (Å²) in [7, 11) is 0. The van der Waals surface area contributed by atoms with Gasteiger partial charge in [-0.05, 0) is 35.8 Å². The molecule has 0 saturated heterocycles. The van der Waals surface area contributed by atoms with E-state index in [0.29, 0.717) is 0 Å². The molecule has 0 fully saturated rings. The molecule has 2 rings (SSSR count). The summed E-state index contributed by atoms with van der Waals surface area (Å²) >= 11 is 0. The summed E-state index contributed by atoms with van der Waals surface area (Å²) in [5.41, 5.74) is 6.50. The van der Waals surface area contributed by atoms with Gasteiger partial charge in [0.25, 0.3) is 11.8 Å². The molecule has 130 valence electrons. The predicted octanol–water partition coefficient (Wildman–Crippen LogP) is 2.63. The first-order chi connectivity index (χ1) is 12.1. The Labute approximate surface area is 145 Å². The second-order valence-electron chi connectivity index (χ2n) is 5.18. The number of carbonyl (C=O) groups is 2. The number of hydrogen-bond donors (Lipinski definition) is 2. The summed E-state index contributed by atoms with van der Waals surface area (Å²) < 4.78 is 18.4. The number of amides is 2. The van der Waals surface area contributed by atoms with E-state index in [4.69, 9.17) is 4.74 Å². The number of aryl methyl sites for hydroxylation is 1. The molecule has 0 heterocycles. The third kappa shape index (κ3) is 6.10. The Hall–Kier alpha value is -3.15. The zero-order chi connectivity index (χ0) is 18.1. The summed E-state index contributed by atoms with van der Waals surface area (Å²) in [4.78, 5) is 23.2. The summed E-state index contributed by atoms with van der Waals surface area (Å²) in [5.74, 6) is -1.67. The van der Waals surface area contributed by atoms with Gasteiger partial charge in [0.1, 0.15) is 0 Å². The van der Waals surface area contributed by atoms with Gasteiger partial charge in [-0.2, -0.15) is 0 Å². The highest BCUT2D eigenvalue weighted by Crippen LogP contribution is 2.14. The van der Waals surface area contributed by atoms with Crippen molar-refractivity contribution in [2.45, 2.75) is 13.3 Å². The molecule has 5 nitrogen and oxygen atoms in total. The molecule has 0 atom stereocenters. The minimum Gasteiger partial charge on any atom is -0.481 e. The zero-order valence-electron chi connectivity index (χ0n) is 13.8. The van der Waals surface area contributed by atoms with Crippen LogP contribution in [0.3, 0.4) is 0 Å². The van der Waals surface area contributed by atoms with Crippen LogP contribution in [0, 0.1) is 5.82 Å². The fourth-order valence-corrected chi connectivity index (χ4v) is 1.95. The Morgan fingerprint density at radius 1 is 1.08 bits per heavy atom. The molecule has 6 heteroatoms. The van der Waals surface area contributed by atoms with Crippen molar-refractivity contribution in [3.63, 3.8) is 0 Å². The number of hydrazine groups is 1. The lowest BCUT2D eigenvalue weighted by Crippen LogP contribution is -2.43. The predicted molar refractivity (Wildman–Crippen MR) is 93.0 cm³/mol. The first-order valence-electron chi connectivity index (χ1n) is 7.81. The van der Waals surface area contributed by atoms with E-state index in [1.54, 1.807) is 12.1 Å². The Kier molecular flexibility index (Phi) is 6.71. The number of carbonyl (C=O) groups excluding carboxylic acids is 2. The van der Waals surface area contributed by atoms with Gasteiger partial charge in [0.2, 0.25) is 0 Å². The first kappa shape index (κ1) is 18.2. The minimum atomic E-state index is -0.600. The minimum absolute atomic E-state index is 0.0283. The van der Waals surface area contributed by atoms with E-state index in [2.05, 4.69) is 17.8 Å². The van der Waals surface area contributed by atoms with E-state index in [1.807, 2.05) is 24.3 Å². The van der Waals surface area contributed by atoms with E-state index < -0.39 is 24.2 Å². The fraction of sp³-hybridized carbons (Fsp3) is 0.158. The highest BCUT2D eigenvalue weighted by atomic mass is 19.1. The zero-order valence-corrected chi connectivity index (χ0v) is 13.8. The molecule has 0 aliphatic rings. The lowest BCUT2D eigenvalue weighted by Gasteiger charge is -2.08. The highest BCUT2D eigenvalue weighted by Gasteiger charge is 2.06. The topological polar surface area (TPSA) is 67.4 Å². The van der Waals surface area contributed by atoms with Crippen molar-refractivity contribution in [2.75, 3.05) is 6.61 Å². The normalized spacial score (nSPS) is 10.5. The monoisotopic (exact) mass is 342 g/mol. The molecule has 2 aromatic carbocycles. The number of para-hydroxylation sites is 1. The quantitative estimate of drug-likeness (QED) is 0.626. The molecule has 0 unspecified atom stereocenters. The van der Waals surface area contributed by atoms with Gasteiger partial charge in [0, 0.05) is 6.08 Å². The van der Waals surface area contributed by atoms with Gasteiger partial charge in [0.15, 0.2) is 18.2 Å². The van der Waals surface area contributed by atoms with Gasteiger partial charge < -0.3 is 4.74 Å². The molecule has 0 aliphatic carbocycles. The molecule has 2 N–H and O–H groups in total. The number of benzene rings is 2. The highest BCUT2D eigenvalue weighted by molar-refractivity contribution is 5.93. The van der Waals surface area contributed by atoms with E-state index in [0.717, 1.165) is 12.0 Å². The van der Waals surface area contributed by atoms with Gasteiger partial charge >= 0.3 is 0 Å². The van der Waals surface area contributed by atoms with Crippen LogP contribution in [0.25, 0.3) is 6.08 Å². The third-order valence-electron chi connectivity index (χ3n) is 3.34. The van der Waals surface area contributed by atoms with Crippen molar-refractivity contribution in [1.29, 1.82) is 0 Å². The molecule has 0 saturated carbocycles. The molecule has 0 bridgehead atoms. The molecule has 2 aromatic rings. The van der Waals surface area contributed by atoms with Crippen molar-refractivity contribution in [1.82, 2.24) is 10.9 Å². The summed E-state index contributed by atoms with van der Waals surface area (Å²) in [6, 6.07) is 13.5. The summed E-state index contributed by atoms with van der Waals surface area (Å²) in [6.07, 6.45) is 3.89. The van der Waals surface area contributed by atoms with Crippen molar-refractivity contribution in [3.8, 4) is 5.75 Å². The molecule has 0 aliphatic heterocycles. The van der Waals surface area contributed by atoms with Crippen LogP contribution < -0.4 is 15.6 Å². The van der Waals surface area contributed by atoms with Crippen molar-refractivity contribution >= 4 is 17.9 Å². The fourth-order valence-electron chi connectivity index (χ4n) is 1.95. The Morgan fingerprint density at radius 2 is 1.80 bits per heavy atom. The number of ether oxygens (including phenoxy) is 1. The van der Waals surface area contributed by atoms with Crippen molar-refractivity contribution < 1.29 is 18.7 Å². The average Bonchev–Trinajstić information content (AvgIpc) is 2.64. The Bertz CT molecular complexity index is 758. The number of halogens is 1. The van der Waals surface area contributed by atoms with Gasteiger partial charge in [-0.15, -0.1) is 0 Å². The lowest BCUT2D eigenvalue weighted by molar-refractivity contribution is -0.128. The van der Waals surface area contributed by atoms with Gasteiger partial charge in [-0.1, -0.05) is 43.3 Å².